The first kappa shape index (κ1) is 13.0. The minimum Gasteiger partial charge on any atom is -0.307 e. The van der Waals surface area contributed by atoms with E-state index in [4.69, 9.17) is 0 Å². The number of fused-ring (bicyclic) bond motifs is 1. The zero-order chi connectivity index (χ0) is 13.0. The van der Waals surface area contributed by atoms with Crippen LogP contribution in [-0.4, -0.2) is 20.6 Å². The third kappa shape index (κ3) is 3.29. The molecule has 2 heterocycles. The summed E-state index contributed by atoms with van der Waals surface area (Å²) < 4.78 is 2.03. The summed E-state index contributed by atoms with van der Waals surface area (Å²) in [4.78, 5) is 0. The minimum absolute atomic E-state index is 0.517. The van der Waals surface area contributed by atoms with Gasteiger partial charge in [-0.15, -0.1) is 10.2 Å². The normalized spacial score (nSPS) is 13.3. The fraction of sp³-hybridized carbons (Fsp3) is 0.571. The number of rotatable bonds is 6. The first-order valence-corrected chi connectivity index (χ1v) is 6.69. The lowest BCUT2D eigenvalue weighted by molar-refractivity contribution is 0.445. The van der Waals surface area contributed by atoms with Gasteiger partial charge in [-0.2, -0.15) is 0 Å². The molecule has 1 N–H and O–H groups in total. The van der Waals surface area contributed by atoms with Gasteiger partial charge in [-0.05, 0) is 37.8 Å². The third-order valence-corrected chi connectivity index (χ3v) is 3.17. The molecule has 18 heavy (non-hydrogen) atoms. The van der Waals surface area contributed by atoms with Crippen LogP contribution in [0.15, 0.2) is 24.4 Å². The van der Waals surface area contributed by atoms with E-state index in [1.807, 2.05) is 28.8 Å². The van der Waals surface area contributed by atoms with Crippen molar-refractivity contribution in [2.24, 2.45) is 5.92 Å². The zero-order valence-electron chi connectivity index (χ0n) is 11.4. The Kier molecular flexibility index (Phi) is 4.31. The predicted octanol–water partition coefficient (Wildman–Crippen LogP) is 2.64. The molecule has 0 amide bonds. The van der Waals surface area contributed by atoms with E-state index in [0.29, 0.717) is 6.04 Å². The Morgan fingerprint density at radius 3 is 2.78 bits per heavy atom. The quantitative estimate of drug-likeness (QED) is 0.852. The van der Waals surface area contributed by atoms with Crippen molar-refractivity contribution in [1.29, 1.82) is 0 Å². The predicted molar refractivity (Wildman–Crippen MR) is 73.4 cm³/mol. The second-order valence-electron chi connectivity index (χ2n) is 5.30. The average Bonchev–Trinajstić information content (AvgIpc) is 2.77. The minimum atomic E-state index is 0.517. The zero-order valence-corrected chi connectivity index (χ0v) is 11.4. The summed E-state index contributed by atoms with van der Waals surface area (Å²) in [6.45, 7) is 7.52. The Hall–Kier alpha value is -1.42. The molecule has 2 aromatic heterocycles. The van der Waals surface area contributed by atoms with Gasteiger partial charge in [-0.1, -0.05) is 19.9 Å². The van der Waals surface area contributed by atoms with Crippen molar-refractivity contribution in [3.8, 4) is 0 Å². The van der Waals surface area contributed by atoms with Gasteiger partial charge in [0, 0.05) is 12.2 Å². The van der Waals surface area contributed by atoms with E-state index in [9.17, 15) is 0 Å². The molecule has 1 atom stereocenters. The van der Waals surface area contributed by atoms with Crippen LogP contribution in [0.1, 0.15) is 39.4 Å². The summed E-state index contributed by atoms with van der Waals surface area (Å²) >= 11 is 0. The Balaban J connectivity index is 1.90. The molecular formula is C14H22N4. The molecule has 0 radical (unpaired) electrons. The maximum Gasteiger partial charge on any atom is 0.160 e. The second-order valence-corrected chi connectivity index (χ2v) is 5.30. The molecule has 0 fully saturated rings. The highest BCUT2D eigenvalue weighted by atomic mass is 15.3. The monoisotopic (exact) mass is 246 g/mol. The highest BCUT2D eigenvalue weighted by Crippen LogP contribution is 2.07. The van der Waals surface area contributed by atoms with E-state index in [-0.39, 0.29) is 0 Å². The largest absolute Gasteiger partial charge is 0.307 e. The maximum atomic E-state index is 4.21. The molecule has 2 rings (SSSR count). The molecule has 0 saturated heterocycles. The number of aromatic nitrogens is 3. The lowest BCUT2D eigenvalue weighted by atomic mass is 10.0. The van der Waals surface area contributed by atoms with E-state index in [2.05, 4.69) is 36.3 Å². The van der Waals surface area contributed by atoms with Crippen LogP contribution in [0.3, 0.4) is 0 Å². The number of nitrogens with one attached hydrogen (secondary N) is 1. The van der Waals surface area contributed by atoms with Crippen molar-refractivity contribution in [2.75, 3.05) is 0 Å². The smallest absolute Gasteiger partial charge is 0.160 e. The van der Waals surface area contributed by atoms with Crippen molar-refractivity contribution in [3.05, 3.63) is 30.2 Å². The number of nitrogens with zero attached hydrogens (tertiary/aromatic N) is 3. The number of hydrogen-bond donors (Lipinski definition) is 1. The summed E-state index contributed by atoms with van der Waals surface area (Å²) in [6.07, 6.45) is 4.47. The molecule has 0 aliphatic carbocycles. The topological polar surface area (TPSA) is 42.2 Å². The Morgan fingerprint density at radius 2 is 2.00 bits per heavy atom. The van der Waals surface area contributed by atoms with Gasteiger partial charge in [-0.3, -0.25) is 4.40 Å². The molecule has 0 saturated carbocycles. The molecule has 4 heteroatoms. The lowest BCUT2D eigenvalue weighted by Crippen LogP contribution is -2.26. The first-order chi connectivity index (χ1) is 8.66. The Labute approximate surface area is 108 Å². The van der Waals surface area contributed by atoms with Gasteiger partial charge in [0.1, 0.15) is 0 Å². The molecule has 2 aromatic rings. The van der Waals surface area contributed by atoms with Crippen molar-refractivity contribution >= 4 is 5.65 Å². The molecule has 0 spiro atoms. The second kappa shape index (κ2) is 5.96. The summed E-state index contributed by atoms with van der Waals surface area (Å²) in [5.41, 5.74) is 0.907. The number of pyridine rings is 1. The van der Waals surface area contributed by atoms with Gasteiger partial charge < -0.3 is 5.32 Å². The van der Waals surface area contributed by atoms with E-state index in [1.54, 1.807) is 0 Å². The summed E-state index contributed by atoms with van der Waals surface area (Å²) in [6, 6.07) is 6.47. The summed E-state index contributed by atoms with van der Waals surface area (Å²) in [5.74, 6) is 1.74. The molecular weight excluding hydrogens is 224 g/mol. The summed E-state index contributed by atoms with van der Waals surface area (Å²) in [5, 5.41) is 11.9. The number of hydrogen-bond acceptors (Lipinski definition) is 3. The first-order valence-electron chi connectivity index (χ1n) is 6.69. The third-order valence-electron chi connectivity index (χ3n) is 3.17. The SMILES string of the molecule is CC(C)CCC(C)NCc1nnc2ccccn12. The highest BCUT2D eigenvalue weighted by molar-refractivity contribution is 5.36. The molecule has 0 aliphatic rings. The molecule has 98 valence electrons. The molecule has 1 unspecified atom stereocenters. The van der Waals surface area contributed by atoms with E-state index in [0.717, 1.165) is 23.9 Å². The van der Waals surface area contributed by atoms with Gasteiger partial charge in [-0.25, -0.2) is 0 Å². The van der Waals surface area contributed by atoms with E-state index >= 15 is 0 Å². The van der Waals surface area contributed by atoms with Crippen molar-refractivity contribution in [2.45, 2.75) is 46.2 Å². The summed E-state index contributed by atoms with van der Waals surface area (Å²) in [7, 11) is 0. The average molecular weight is 246 g/mol. The van der Waals surface area contributed by atoms with Gasteiger partial charge in [0.2, 0.25) is 0 Å². The molecule has 0 bridgehead atoms. The van der Waals surface area contributed by atoms with Crippen LogP contribution >= 0.6 is 0 Å². The fourth-order valence-electron chi connectivity index (χ4n) is 1.96. The van der Waals surface area contributed by atoms with E-state index < -0.39 is 0 Å². The lowest BCUT2D eigenvalue weighted by Gasteiger charge is -2.14. The van der Waals surface area contributed by atoms with Crippen molar-refractivity contribution in [1.82, 2.24) is 19.9 Å². The standard InChI is InChI=1S/C14H22N4/c1-11(2)7-8-12(3)15-10-14-17-16-13-6-4-5-9-18(13)14/h4-6,9,11-12,15H,7-8,10H2,1-3H3. The fourth-order valence-corrected chi connectivity index (χ4v) is 1.96. The maximum absolute atomic E-state index is 4.21. The van der Waals surface area contributed by atoms with Crippen LogP contribution in [0.5, 0.6) is 0 Å². The van der Waals surface area contributed by atoms with Crippen LogP contribution in [0.2, 0.25) is 0 Å². The van der Waals surface area contributed by atoms with Crippen LogP contribution < -0.4 is 5.32 Å². The van der Waals surface area contributed by atoms with E-state index in [1.165, 1.54) is 12.8 Å². The van der Waals surface area contributed by atoms with Crippen LogP contribution in [0.25, 0.3) is 5.65 Å². The van der Waals surface area contributed by atoms with Crippen LogP contribution in [-0.2, 0) is 6.54 Å². The van der Waals surface area contributed by atoms with Gasteiger partial charge in [0.25, 0.3) is 0 Å². The van der Waals surface area contributed by atoms with Crippen LogP contribution in [0, 0.1) is 5.92 Å². The highest BCUT2D eigenvalue weighted by Gasteiger charge is 2.07. The molecule has 0 aliphatic heterocycles. The van der Waals surface area contributed by atoms with Crippen LogP contribution in [0.4, 0.5) is 0 Å². The molecule has 4 nitrogen and oxygen atoms in total. The van der Waals surface area contributed by atoms with Gasteiger partial charge in [0.05, 0.1) is 6.54 Å². The van der Waals surface area contributed by atoms with Crippen molar-refractivity contribution < 1.29 is 0 Å². The molecule has 0 aromatic carbocycles. The Bertz CT molecular complexity index is 489. The van der Waals surface area contributed by atoms with Gasteiger partial charge >= 0.3 is 0 Å². The van der Waals surface area contributed by atoms with Crippen molar-refractivity contribution in [3.63, 3.8) is 0 Å². The van der Waals surface area contributed by atoms with Gasteiger partial charge in [0.15, 0.2) is 11.5 Å². The Morgan fingerprint density at radius 1 is 1.17 bits per heavy atom.